The van der Waals surface area contributed by atoms with E-state index in [0.717, 1.165) is 6.07 Å². The summed E-state index contributed by atoms with van der Waals surface area (Å²) in [6.07, 6.45) is 0. The monoisotopic (exact) mass is 213 g/mol. The molecule has 1 aromatic carbocycles. The van der Waals surface area contributed by atoms with E-state index in [2.05, 4.69) is 10.5 Å². The SMILES string of the molecule is N#CC(C#N)=NNc1cc(C#N)ccc1F. The highest BCUT2D eigenvalue weighted by atomic mass is 19.1. The summed E-state index contributed by atoms with van der Waals surface area (Å²) in [5.41, 5.74) is 1.95. The second-order valence-corrected chi connectivity index (χ2v) is 2.60. The van der Waals surface area contributed by atoms with Gasteiger partial charge in [-0.25, -0.2) is 4.39 Å². The van der Waals surface area contributed by atoms with Crippen LogP contribution in [0.25, 0.3) is 0 Å². The molecular formula is C10H4FN5. The molecule has 0 saturated heterocycles. The second-order valence-electron chi connectivity index (χ2n) is 2.60. The summed E-state index contributed by atoms with van der Waals surface area (Å²) in [5.74, 6) is -0.627. The van der Waals surface area contributed by atoms with Crippen molar-refractivity contribution in [1.29, 1.82) is 15.8 Å². The minimum atomic E-state index is -0.627. The summed E-state index contributed by atoms with van der Waals surface area (Å²) in [4.78, 5) is 0. The number of hydrazone groups is 1. The van der Waals surface area contributed by atoms with Gasteiger partial charge in [-0.1, -0.05) is 0 Å². The highest BCUT2D eigenvalue weighted by Gasteiger charge is 2.03. The van der Waals surface area contributed by atoms with Crippen LogP contribution in [0.5, 0.6) is 0 Å². The zero-order chi connectivity index (χ0) is 12.0. The first-order chi connectivity index (χ1) is 7.71. The van der Waals surface area contributed by atoms with E-state index in [4.69, 9.17) is 15.8 Å². The highest BCUT2D eigenvalue weighted by molar-refractivity contribution is 6.10. The molecule has 0 aliphatic carbocycles. The first kappa shape index (κ1) is 11.2. The maximum absolute atomic E-state index is 13.2. The largest absolute Gasteiger partial charge is 0.273 e. The molecule has 0 radical (unpaired) electrons. The fourth-order valence-electron chi connectivity index (χ4n) is 0.872. The predicted molar refractivity (Wildman–Crippen MR) is 53.4 cm³/mol. The van der Waals surface area contributed by atoms with E-state index in [1.807, 2.05) is 6.07 Å². The van der Waals surface area contributed by atoms with Crippen molar-refractivity contribution in [2.24, 2.45) is 5.10 Å². The number of benzene rings is 1. The predicted octanol–water partition coefficient (Wildman–Crippen LogP) is 1.51. The lowest BCUT2D eigenvalue weighted by atomic mass is 10.2. The quantitative estimate of drug-likeness (QED) is 0.594. The Labute approximate surface area is 90.6 Å². The number of hydrogen-bond acceptors (Lipinski definition) is 5. The van der Waals surface area contributed by atoms with E-state index in [-0.39, 0.29) is 11.3 Å². The van der Waals surface area contributed by atoms with Gasteiger partial charge >= 0.3 is 0 Å². The van der Waals surface area contributed by atoms with Gasteiger partial charge in [-0.2, -0.15) is 20.9 Å². The van der Waals surface area contributed by atoms with Gasteiger partial charge in [0, 0.05) is 0 Å². The summed E-state index contributed by atoms with van der Waals surface area (Å²) < 4.78 is 13.2. The van der Waals surface area contributed by atoms with Gasteiger partial charge in [-0.3, -0.25) is 5.43 Å². The van der Waals surface area contributed by atoms with E-state index in [0.29, 0.717) is 0 Å². The Morgan fingerprint density at radius 1 is 1.25 bits per heavy atom. The fraction of sp³-hybridized carbons (Fsp3) is 0. The van der Waals surface area contributed by atoms with Crippen molar-refractivity contribution in [1.82, 2.24) is 0 Å². The van der Waals surface area contributed by atoms with Crippen molar-refractivity contribution >= 4 is 11.4 Å². The Bertz CT molecular complexity index is 540. The van der Waals surface area contributed by atoms with Crippen LogP contribution < -0.4 is 5.43 Å². The zero-order valence-corrected chi connectivity index (χ0v) is 7.90. The Morgan fingerprint density at radius 3 is 2.50 bits per heavy atom. The smallest absolute Gasteiger partial charge is 0.237 e. The van der Waals surface area contributed by atoms with Crippen LogP contribution in [0.4, 0.5) is 10.1 Å². The minimum absolute atomic E-state index is 0.0675. The maximum Gasteiger partial charge on any atom is 0.237 e. The number of anilines is 1. The molecule has 76 valence electrons. The van der Waals surface area contributed by atoms with E-state index >= 15 is 0 Å². The van der Waals surface area contributed by atoms with Gasteiger partial charge < -0.3 is 0 Å². The molecule has 6 heteroatoms. The highest BCUT2D eigenvalue weighted by Crippen LogP contribution is 2.15. The Balaban J connectivity index is 3.00. The molecule has 0 aromatic heterocycles. The number of halogens is 1. The number of nitriles is 3. The van der Waals surface area contributed by atoms with E-state index in [1.165, 1.54) is 24.3 Å². The molecule has 5 nitrogen and oxygen atoms in total. The third-order valence-electron chi connectivity index (χ3n) is 1.60. The lowest BCUT2D eigenvalue weighted by Crippen LogP contribution is -1.98. The van der Waals surface area contributed by atoms with Gasteiger partial charge in [0.05, 0.1) is 17.3 Å². The Kier molecular flexibility index (Phi) is 3.55. The molecule has 0 fully saturated rings. The molecule has 1 aromatic rings. The number of hydrogen-bond donors (Lipinski definition) is 1. The van der Waals surface area contributed by atoms with Crippen LogP contribution in [-0.4, -0.2) is 5.71 Å². The molecule has 0 unspecified atom stereocenters. The van der Waals surface area contributed by atoms with Crippen molar-refractivity contribution in [3.05, 3.63) is 29.6 Å². The zero-order valence-electron chi connectivity index (χ0n) is 7.90. The minimum Gasteiger partial charge on any atom is -0.273 e. The van der Waals surface area contributed by atoms with E-state index < -0.39 is 11.5 Å². The van der Waals surface area contributed by atoms with Crippen LogP contribution in [0.1, 0.15) is 5.56 Å². The fourth-order valence-corrected chi connectivity index (χ4v) is 0.872. The molecule has 0 aliphatic rings. The van der Waals surface area contributed by atoms with Crippen molar-refractivity contribution in [2.75, 3.05) is 5.43 Å². The normalized spacial score (nSPS) is 8.12. The average Bonchev–Trinajstić information content (AvgIpc) is 2.32. The van der Waals surface area contributed by atoms with Gasteiger partial charge in [0.15, 0.2) is 0 Å². The standard InChI is InChI=1S/C10H4FN5/c11-9-2-1-7(4-12)3-10(9)16-15-8(5-13)6-14/h1-3,16H. The van der Waals surface area contributed by atoms with Gasteiger partial charge in [0.25, 0.3) is 0 Å². The molecule has 0 bridgehead atoms. The van der Waals surface area contributed by atoms with Gasteiger partial charge in [-0.15, -0.1) is 0 Å². The summed E-state index contributed by atoms with van der Waals surface area (Å²) in [7, 11) is 0. The Morgan fingerprint density at radius 2 is 1.94 bits per heavy atom. The number of nitrogens with zero attached hydrogens (tertiary/aromatic N) is 4. The number of rotatable bonds is 2. The molecule has 16 heavy (non-hydrogen) atoms. The lowest BCUT2D eigenvalue weighted by Gasteiger charge is -2.01. The first-order valence-electron chi connectivity index (χ1n) is 4.05. The lowest BCUT2D eigenvalue weighted by molar-refractivity contribution is 0.630. The molecule has 0 atom stereocenters. The van der Waals surface area contributed by atoms with Crippen molar-refractivity contribution in [3.8, 4) is 18.2 Å². The van der Waals surface area contributed by atoms with Crippen molar-refractivity contribution in [3.63, 3.8) is 0 Å². The molecular weight excluding hydrogens is 209 g/mol. The van der Waals surface area contributed by atoms with Gasteiger partial charge in [0.2, 0.25) is 5.71 Å². The van der Waals surface area contributed by atoms with Crippen LogP contribution in [0.2, 0.25) is 0 Å². The van der Waals surface area contributed by atoms with Crippen LogP contribution in [-0.2, 0) is 0 Å². The van der Waals surface area contributed by atoms with Crippen LogP contribution in [0, 0.1) is 39.8 Å². The average molecular weight is 213 g/mol. The molecule has 0 heterocycles. The molecule has 1 rings (SSSR count). The first-order valence-corrected chi connectivity index (χ1v) is 4.05. The van der Waals surface area contributed by atoms with Gasteiger partial charge in [0.1, 0.15) is 18.0 Å². The summed E-state index contributed by atoms with van der Waals surface area (Å²) in [6.45, 7) is 0. The van der Waals surface area contributed by atoms with E-state index in [1.54, 1.807) is 0 Å². The molecule has 0 saturated carbocycles. The topological polar surface area (TPSA) is 95.8 Å². The van der Waals surface area contributed by atoms with Crippen LogP contribution >= 0.6 is 0 Å². The second kappa shape index (κ2) is 5.09. The van der Waals surface area contributed by atoms with Crippen molar-refractivity contribution in [2.45, 2.75) is 0 Å². The van der Waals surface area contributed by atoms with Gasteiger partial charge in [-0.05, 0) is 18.2 Å². The summed E-state index contributed by atoms with van der Waals surface area (Å²) >= 11 is 0. The van der Waals surface area contributed by atoms with E-state index in [9.17, 15) is 4.39 Å². The Hall–Kier alpha value is -2.91. The van der Waals surface area contributed by atoms with Crippen LogP contribution in [0.3, 0.4) is 0 Å². The summed E-state index contributed by atoms with van der Waals surface area (Å²) in [6, 6.07) is 8.47. The third-order valence-corrected chi connectivity index (χ3v) is 1.60. The summed E-state index contributed by atoms with van der Waals surface area (Å²) in [5, 5.41) is 28.7. The molecule has 0 aliphatic heterocycles. The maximum atomic E-state index is 13.2. The molecule has 0 spiro atoms. The van der Waals surface area contributed by atoms with Crippen LogP contribution in [0.15, 0.2) is 23.3 Å². The molecule has 1 N–H and O–H groups in total. The number of nitrogens with one attached hydrogen (secondary N) is 1. The van der Waals surface area contributed by atoms with Crippen molar-refractivity contribution < 1.29 is 4.39 Å². The third kappa shape index (κ3) is 2.54. The molecule has 0 amide bonds.